The number of amides is 1. The number of nitro benzene ring substituents is 1. The van der Waals surface area contributed by atoms with Crippen LogP contribution >= 0.6 is 0 Å². The van der Waals surface area contributed by atoms with Crippen molar-refractivity contribution in [1.29, 1.82) is 0 Å². The highest BCUT2D eigenvalue weighted by Gasteiger charge is 2.20. The Balaban J connectivity index is 1.51. The van der Waals surface area contributed by atoms with Crippen LogP contribution in [0.25, 0.3) is 11.4 Å². The minimum Gasteiger partial charge on any atom is -0.493 e. The van der Waals surface area contributed by atoms with Gasteiger partial charge in [0, 0.05) is 42.8 Å². The Kier molecular flexibility index (Phi) is 8.09. The van der Waals surface area contributed by atoms with Crippen molar-refractivity contribution in [3.8, 4) is 22.9 Å². The number of nitrogens with zero attached hydrogens (tertiary/aromatic N) is 4. The second-order valence-electron chi connectivity index (χ2n) is 8.17. The maximum Gasteiger partial charge on any atom is 0.270 e. The Labute approximate surface area is 213 Å². The summed E-state index contributed by atoms with van der Waals surface area (Å²) in [7, 11) is 3.11. The molecule has 1 amide bonds. The van der Waals surface area contributed by atoms with Crippen LogP contribution in [0.4, 0.5) is 5.69 Å². The summed E-state index contributed by atoms with van der Waals surface area (Å²) in [5, 5.41) is 15.3. The third-order valence-electron chi connectivity index (χ3n) is 5.81. The standard InChI is InChI=1S/C27H26N4O6/c1-35-23-12-11-20(18-24(23)36-2)26-28-25(37-29-26)14-16-30(15-13-19-7-4-3-5-8-19)27(32)21-9-6-10-22(17-21)31(33)34/h3-12,17-18H,13-16H2,1-2H3. The van der Waals surface area contributed by atoms with Gasteiger partial charge in [0.1, 0.15) is 0 Å². The first-order valence-electron chi connectivity index (χ1n) is 11.6. The lowest BCUT2D eigenvalue weighted by molar-refractivity contribution is -0.384. The van der Waals surface area contributed by atoms with Crippen LogP contribution in [0, 0.1) is 10.1 Å². The number of rotatable bonds is 11. The van der Waals surface area contributed by atoms with Gasteiger partial charge in [0.15, 0.2) is 11.5 Å². The Morgan fingerprint density at radius 3 is 2.43 bits per heavy atom. The highest BCUT2D eigenvalue weighted by molar-refractivity contribution is 5.94. The molecule has 0 radical (unpaired) electrons. The van der Waals surface area contributed by atoms with E-state index >= 15 is 0 Å². The summed E-state index contributed by atoms with van der Waals surface area (Å²) in [6.45, 7) is 0.712. The predicted octanol–water partition coefficient (Wildman–Crippen LogP) is 4.59. The Hall–Kier alpha value is -4.73. The molecule has 3 aromatic carbocycles. The summed E-state index contributed by atoms with van der Waals surface area (Å²) in [5.74, 6) is 1.57. The molecule has 1 heterocycles. The molecule has 4 rings (SSSR count). The fourth-order valence-electron chi connectivity index (χ4n) is 3.84. The summed E-state index contributed by atoms with van der Waals surface area (Å²) in [4.78, 5) is 30.1. The molecule has 0 atom stereocenters. The van der Waals surface area contributed by atoms with E-state index in [2.05, 4.69) is 10.1 Å². The topological polar surface area (TPSA) is 121 Å². The number of hydrogen-bond donors (Lipinski definition) is 0. The van der Waals surface area contributed by atoms with E-state index in [0.29, 0.717) is 54.7 Å². The average Bonchev–Trinajstić information content (AvgIpc) is 3.42. The molecule has 0 aliphatic rings. The Morgan fingerprint density at radius 2 is 1.70 bits per heavy atom. The molecule has 190 valence electrons. The van der Waals surface area contributed by atoms with Crippen LogP contribution in [-0.2, 0) is 12.8 Å². The first-order valence-corrected chi connectivity index (χ1v) is 11.6. The van der Waals surface area contributed by atoms with Crippen molar-refractivity contribution < 1.29 is 23.7 Å². The molecule has 4 aromatic rings. The first-order chi connectivity index (χ1) is 18.0. The van der Waals surface area contributed by atoms with Crippen molar-refractivity contribution in [3.05, 3.63) is 99.9 Å². The third kappa shape index (κ3) is 6.29. The summed E-state index contributed by atoms with van der Waals surface area (Å²) >= 11 is 0. The van der Waals surface area contributed by atoms with Crippen LogP contribution < -0.4 is 9.47 Å². The van der Waals surface area contributed by atoms with E-state index in [-0.39, 0.29) is 17.2 Å². The second kappa shape index (κ2) is 11.8. The van der Waals surface area contributed by atoms with Crippen molar-refractivity contribution in [2.24, 2.45) is 0 Å². The van der Waals surface area contributed by atoms with Gasteiger partial charge in [-0.05, 0) is 36.2 Å². The van der Waals surface area contributed by atoms with E-state index in [1.165, 1.54) is 18.2 Å². The van der Waals surface area contributed by atoms with Crippen LogP contribution in [0.2, 0.25) is 0 Å². The zero-order valence-corrected chi connectivity index (χ0v) is 20.5. The van der Waals surface area contributed by atoms with Crippen molar-refractivity contribution in [2.75, 3.05) is 27.3 Å². The molecular formula is C27H26N4O6. The summed E-state index contributed by atoms with van der Waals surface area (Å²) < 4.78 is 16.0. The van der Waals surface area contributed by atoms with Crippen molar-refractivity contribution in [2.45, 2.75) is 12.8 Å². The largest absolute Gasteiger partial charge is 0.493 e. The van der Waals surface area contributed by atoms with Crippen LogP contribution in [0.15, 0.2) is 77.3 Å². The molecule has 0 bridgehead atoms. The number of benzene rings is 3. The van der Waals surface area contributed by atoms with E-state index in [0.717, 1.165) is 5.56 Å². The van der Waals surface area contributed by atoms with E-state index in [1.54, 1.807) is 43.4 Å². The monoisotopic (exact) mass is 502 g/mol. The average molecular weight is 503 g/mol. The summed E-state index contributed by atoms with van der Waals surface area (Å²) in [6.07, 6.45) is 0.942. The van der Waals surface area contributed by atoms with Crippen molar-refractivity contribution >= 4 is 11.6 Å². The smallest absolute Gasteiger partial charge is 0.270 e. The van der Waals surface area contributed by atoms with Gasteiger partial charge < -0.3 is 18.9 Å². The van der Waals surface area contributed by atoms with E-state index < -0.39 is 4.92 Å². The molecule has 0 spiro atoms. The summed E-state index contributed by atoms with van der Waals surface area (Å²) in [5.41, 5.74) is 1.89. The second-order valence-corrected chi connectivity index (χ2v) is 8.17. The van der Waals surface area contributed by atoms with Crippen LogP contribution in [0.1, 0.15) is 21.8 Å². The van der Waals surface area contributed by atoms with Gasteiger partial charge in [0.2, 0.25) is 11.7 Å². The Morgan fingerprint density at radius 1 is 0.946 bits per heavy atom. The minimum absolute atomic E-state index is 0.134. The molecule has 0 saturated heterocycles. The maximum absolute atomic E-state index is 13.3. The molecule has 0 unspecified atom stereocenters. The van der Waals surface area contributed by atoms with Gasteiger partial charge in [-0.15, -0.1) is 0 Å². The molecule has 0 fully saturated rings. The molecular weight excluding hydrogens is 476 g/mol. The number of ether oxygens (including phenoxy) is 2. The molecule has 0 saturated carbocycles. The fourth-order valence-corrected chi connectivity index (χ4v) is 3.84. The van der Waals surface area contributed by atoms with Gasteiger partial charge in [-0.2, -0.15) is 4.98 Å². The number of non-ortho nitro benzene ring substituents is 1. The van der Waals surface area contributed by atoms with Crippen molar-refractivity contribution in [1.82, 2.24) is 15.0 Å². The molecule has 10 nitrogen and oxygen atoms in total. The summed E-state index contributed by atoms with van der Waals surface area (Å²) in [6, 6.07) is 20.8. The third-order valence-corrected chi connectivity index (χ3v) is 5.81. The van der Waals surface area contributed by atoms with Gasteiger partial charge in [0.25, 0.3) is 11.6 Å². The zero-order valence-electron chi connectivity index (χ0n) is 20.5. The lowest BCUT2D eigenvalue weighted by Crippen LogP contribution is -2.34. The van der Waals surface area contributed by atoms with Crippen molar-refractivity contribution in [3.63, 3.8) is 0 Å². The molecule has 0 aliphatic carbocycles. The normalized spacial score (nSPS) is 10.6. The molecule has 1 aromatic heterocycles. The van der Waals surface area contributed by atoms with Gasteiger partial charge in [-0.1, -0.05) is 41.6 Å². The maximum atomic E-state index is 13.3. The highest BCUT2D eigenvalue weighted by Crippen LogP contribution is 2.31. The van der Waals surface area contributed by atoms with Gasteiger partial charge in [-0.25, -0.2) is 0 Å². The molecule has 10 heteroatoms. The fraction of sp³-hybridized carbons (Fsp3) is 0.222. The van der Waals surface area contributed by atoms with Gasteiger partial charge in [-0.3, -0.25) is 14.9 Å². The van der Waals surface area contributed by atoms with E-state index in [1.807, 2.05) is 30.3 Å². The first kappa shape index (κ1) is 25.4. The Bertz CT molecular complexity index is 1370. The van der Waals surface area contributed by atoms with Crippen LogP contribution in [0.3, 0.4) is 0 Å². The van der Waals surface area contributed by atoms with E-state index in [4.69, 9.17) is 14.0 Å². The minimum atomic E-state index is -0.515. The lowest BCUT2D eigenvalue weighted by Gasteiger charge is -2.22. The van der Waals surface area contributed by atoms with Crippen LogP contribution in [-0.4, -0.2) is 53.2 Å². The van der Waals surface area contributed by atoms with E-state index in [9.17, 15) is 14.9 Å². The van der Waals surface area contributed by atoms with Gasteiger partial charge >= 0.3 is 0 Å². The molecule has 0 aliphatic heterocycles. The molecule has 0 N–H and O–H groups in total. The zero-order chi connectivity index (χ0) is 26.2. The predicted molar refractivity (Wildman–Crippen MR) is 136 cm³/mol. The number of carbonyl (C=O) groups excluding carboxylic acids is 1. The molecule has 37 heavy (non-hydrogen) atoms. The van der Waals surface area contributed by atoms with Gasteiger partial charge in [0.05, 0.1) is 19.1 Å². The lowest BCUT2D eigenvalue weighted by atomic mass is 10.1. The number of aromatic nitrogens is 2. The quantitative estimate of drug-likeness (QED) is 0.216. The number of hydrogen-bond acceptors (Lipinski definition) is 8. The van der Waals surface area contributed by atoms with Crippen LogP contribution in [0.5, 0.6) is 11.5 Å². The number of carbonyl (C=O) groups is 1. The number of methoxy groups -OCH3 is 2. The SMILES string of the molecule is COc1ccc(-c2noc(CCN(CCc3ccccc3)C(=O)c3cccc([N+](=O)[O-])c3)n2)cc1OC. The number of nitro groups is 1. The highest BCUT2D eigenvalue weighted by atomic mass is 16.6.